The van der Waals surface area contributed by atoms with Gasteiger partial charge in [0.2, 0.25) is 0 Å². The number of hydrogen-bond acceptors (Lipinski definition) is 4. The molecule has 1 aliphatic rings. The van der Waals surface area contributed by atoms with Gasteiger partial charge in [0.25, 0.3) is 0 Å². The maximum atomic E-state index is 4.76. The lowest BCUT2D eigenvalue weighted by atomic mass is 10.2. The molecule has 1 N–H and O–H groups in total. The summed E-state index contributed by atoms with van der Waals surface area (Å²) in [7, 11) is 1.94. The average Bonchev–Trinajstić information content (AvgIpc) is 3.21. The largest absolute Gasteiger partial charge is 0.373 e. The van der Waals surface area contributed by atoms with Crippen LogP contribution in [0.3, 0.4) is 0 Å². The Labute approximate surface area is 114 Å². The van der Waals surface area contributed by atoms with Crippen molar-refractivity contribution in [2.45, 2.75) is 51.0 Å². The van der Waals surface area contributed by atoms with E-state index >= 15 is 0 Å². The molecule has 18 heavy (non-hydrogen) atoms. The molecule has 4 heteroatoms. The van der Waals surface area contributed by atoms with Crippen LogP contribution in [-0.2, 0) is 0 Å². The van der Waals surface area contributed by atoms with Crippen LogP contribution in [0.5, 0.6) is 0 Å². The molecule has 0 spiro atoms. The Morgan fingerprint density at radius 1 is 1.39 bits per heavy atom. The van der Waals surface area contributed by atoms with Crippen molar-refractivity contribution < 1.29 is 0 Å². The molecule has 100 valence electrons. The van der Waals surface area contributed by atoms with Crippen molar-refractivity contribution in [3.05, 3.63) is 11.4 Å². The molecule has 1 fully saturated rings. The standard InChI is InChI=1S/C14H23N3S/c1-5-9(2)8-18-14-10(3)12(15-4)16-13(17-14)11-6-7-11/h9,11H,5-8H2,1-4H3,(H,15,16,17). The summed E-state index contributed by atoms with van der Waals surface area (Å²) in [4.78, 5) is 9.39. The first-order valence-corrected chi connectivity index (χ1v) is 7.83. The normalized spacial score (nSPS) is 16.7. The zero-order valence-corrected chi connectivity index (χ0v) is 12.6. The van der Waals surface area contributed by atoms with Gasteiger partial charge in [-0.25, -0.2) is 9.97 Å². The zero-order valence-electron chi connectivity index (χ0n) is 11.8. The fourth-order valence-electron chi connectivity index (χ4n) is 1.76. The summed E-state index contributed by atoms with van der Waals surface area (Å²) in [5.41, 5.74) is 1.19. The van der Waals surface area contributed by atoms with Gasteiger partial charge in [-0.2, -0.15) is 0 Å². The molecule has 1 unspecified atom stereocenters. The first kappa shape index (κ1) is 13.7. The SMILES string of the molecule is CCC(C)CSc1nc(C2CC2)nc(NC)c1C. The van der Waals surface area contributed by atoms with E-state index in [0.717, 1.165) is 28.3 Å². The summed E-state index contributed by atoms with van der Waals surface area (Å²) < 4.78 is 0. The molecule has 0 aliphatic heterocycles. The van der Waals surface area contributed by atoms with Gasteiger partial charge in [-0.15, -0.1) is 11.8 Å². The van der Waals surface area contributed by atoms with Crippen LogP contribution in [0.1, 0.15) is 50.4 Å². The predicted octanol–water partition coefficient (Wildman–Crippen LogP) is 3.84. The van der Waals surface area contributed by atoms with Crippen LogP contribution in [0, 0.1) is 12.8 Å². The average molecular weight is 265 g/mol. The van der Waals surface area contributed by atoms with Gasteiger partial charge in [0.05, 0.1) is 0 Å². The number of thioether (sulfide) groups is 1. The highest BCUT2D eigenvalue weighted by Crippen LogP contribution is 2.40. The van der Waals surface area contributed by atoms with Crippen molar-refractivity contribution in [1.29, 1.82) is 0 Å². The molecule has 0 aromatic carbocycles. The number of hydrogen-bond donors (Lipinski definition) is 1. The lowest BCUT2D eigenvalue weighted by molar-refractivity contribution is 0.636. The highest BCUT2D eigenvalue weighted by atomic mass is 32.2. The van der Waals surface area contributed by atoms with Crippen molar-refractivity contribution in [2.75, 3.05) is 18.1 Å². The Kier molecular flexibility index (Phi) is 4.49. The predicted molar refractivity (Wildman–Crippen MR) is 78.5 cm³/mol. The molecular weight excluding hydrogens is 242 g/mol. The molecule has 1 heterocycles. The van der Waals surface area contributed by atoms with E-state index in [9.17, 15) is 0 Å². The summed E-state index contributed by atoms with van der Waals surface area (Å²) in [5, 5.41) is 4.36. The third kappa shape index (κ3) is 3.16. The Morgan fingerprint density at radius 2 is 2.11 bits per heavy atom. The van der Waals surface area contributed by atoms with E-state index in [1.54, 1.807) is 0 Å². The van der Waals surface area contributed by atoms with Crippen LogP contribution in [0.25, 0.3) is 0 Å². The zero-order chi connectivity index (χ0) is 13.1. The third-order valence-corrected chi connectivity index (χ3v) is 4.91. The van der Waals surface area contributed by atoms with Crippen molar-refractivity contribution in [3.63, 3.8) is 0 Å². The summed E-state index contributed by atoms with van der Waals surface area (Å²) in [6, 6.07) is 0. The van der Waals surface area contributed by atoms with E-state index in [1.807, 2.05) is 18.8 Å². The number of nitrogens with zero attached hydrogens (tertiary/aromatic N) is 2. The van der Waals surface area contributed by atoms with E-state index in [2.05, 4.69) is 31.1 Å². The monoisotopic (exact) mass is 265 g/mol. The van der Waals surface area contributed by atoms with Gasteiger partial charge in [0.1, 0.15) is 16.7 Å². The summed E-state index contributed by atoms with van der Waals surface area (Å²) >= 11 is 1.88. The van der Waals surface area contributed by atoms with E-state index < -0.39 is 0 Å². The third-order valence-electron chi connectivity index (χ3n) is 3.50. The van der Waals surface area contributed by atoms with E-state index in [4.69, 9.17) is 4.98 Å². The molecule has 3 nitrogen and oxygen atoms in total. The van der Waals surface area contributed by atoms with Crippen LogP contribution in [-0.4, -0.2) is 22.8 Å². The minimum atomic E-state index is 0.612. The second kappa shape index (κ2) is 5.91. The van der Waals surface area contributed by atoms with Crippen LogP contribution in [0.15, 0.2) is 5.03 Å². The molecule has 1 aromatic rings. The summed E-state index contributed by atoms with van der Waals surface area (Å²) in [5.74, 6) is 4.53. The second-order valence-corrected chi connectivity index (χ2v) is 6.22. The maximum absolute atomic E-state index is 4.76. The van der Waals surface area contributed by atoms with Gasteiger partial charge in [0.15, 0.2) is 0 Å². The summed E-state index contributed by atoms with van der Waals surface area (Å²) in [6.07, 6.45) is 3.73. The molecule has 1 aliphatic carbocycles. The van der Waals surface area contributed by atoms with Gasteiger partial charge in [-0.1, -0.05) is 20.3 Å². The fourth-order valence-corrected chi connectivity index (χ4v) is 2.91. The topological polar surface area (TPSA) is 37.8 Å². The first-order valence-electron chi connectivity index (χ1n) is 6.84. The minimum absolute atomic E-state index is 0.612. The molecule has 1 atom stereocenters. The molecule has 1 saturated carbocycles. The first-order chi connectivity index (χ1) is 8.65. The number of rotatable bonds is 6. The Balaban J connectivity index is 2.18. The van der Waals surface area contributed by atoms with Crippen molar-refractivity contribution >= 4 is 17.6 Å². The van der Waals surface area contributed by atoms with Gasteiger partial charge in [-0.3, -0.25) is 0 Å². The smallest absolute Gasteiger partial charge is 0.135 e. The Morgan fingerprint density at radius 3 is 2.67 bits per heavy atom. The molecule has 0 amide bonds. The van der Waals surface area contributed by atoms with E-state index in [-0.39, 0.29) is 0 Å². The Hall–Kier alpha value is -0.770. The van der Waals surface area contributed by atoms with E-state index in [0.29, 0.717) is 5.92 Å². The van der Waals surface area contributed by atoms with Gasteiger partial charge >= 0.3 is 0 Å². The number of nitrogens with one attached hydrogen (secondary N) is 1. The highest BCUT2D eigenvalue weighted by Gasteiger charge is 2.28. The van der Waals surface area contributed by atoms with Crippen LogP contribution >= 0.6 is 11.8 Å². The van der Waals surface area contributed by atoms with Crippen LogP contribution < -0.4 is 5.32 Å². The number of anilines is 1. The van der Waals surface area contributed by atoms with Gasteiger partial charge < -0.3 is 5.32 Å². The minimum Gasteiger partial charge on any atom is -0.373 e. The quantitative estimate of drug-likeness (QED) is 0.626. The van der Waals surface area contributed by atoms with E-state index in [1.165, 1.54) is 24.8 Å². The maximum Gasteiger partial charge on any atom is 0.135 e. The summed E-state index contributed by atoms with van der Waals surface area (Å²) in [6.45, 7) is 6.65. The lowest BCUT2D eigenvalue weighted by Crippen LogP contribution is -2.05. The van der Waals surface area contributed by atoms with Gasteiger partial charge in [-0.05, 0) is 25.7 Å². The lowest BCUT2D eigenvalue weighted by Gasteiger charge is -2.13. The molecule has 2 rings (SSSR count). The van der Waals surface area contributed by atoms with Crippen molar-refractivity contribution in [2.24, 2.45) is 5.92 Å². The fraction of sp³-hybridized carbons (Fsp3) is 0.714. The molecule has 0 bridgehead atoms. The second-order valence-electron chi connectivity index (χ2n) is 5.21. The highest BCUT2D eigenvalue weighted by molar-refractivity contribution is 7.99. The van der Waals surface area contributed by atoms with Gasteiger partial charge in [0, 0.05) is 24.3 Å². The molecular formula is C14H23N3S. The van der Waals surface area contributed by atoms with Crippen molar-refractivity contribution in [1.82, 2.24) is 9.97 Å². The Bertz CT molecular complexity index is 416. The molecule has 0 radical (unpaired) electrons. The molecule has 1 aromatic heterocycles. The molecule has 0 saturated heterocycles. The van der Waals surface area contributed by atoms with Crippen molar-refractivity contribution in [3.8, 4) is 0 Å². The van der Waals surface area contributed by atoms with Crippen LogP contribution in [0.2, 0.25) is 0 Å². The number of aromatic nitrogens is 2. The van der Waals surface area contributed by atoms with Crippen LogP contribution in [0.4, 0.5) is 5.82 Å².